The number of nitrogens with one attached hydrogen (secondary N) is 1. The lowest BCUT2D eigenvalue weighted by atomic mass is 10.2. The topological polar surface area (TPSA) is 75.6 Å². The van der Waals surface area contributed by atoms with Crippen LogP contribution in [0.3, 0.4) is 0 Å². The van der Waals surface area contributed by atoms with Gasteiger partial charge in [-0.05, 0) is 23.6 Å². The van der Waals surface area contributed by atoms with Gasteiger partial charge in [-0.1, -0.05) is 37.0 Å². The van der Waals surface area contributed by atoms with E-state index in [-0.39, 0.29) is 34.7 Å². The molecular formula is C13H19Cl2NO4S. The number of aliphatic hydroxyl groups is 1. The molecule has 0 spiro atoms. The van der Waals surface area contributed by atoms with Crippen molar-refractivity contribution < 1.29 is 18.3 Å². The Labute approximate surface area is 135 Å². The molecule has 1 aromatic rings. The molecule has 0 atom stereocenters. The van der Waals surface area contributed by atoms with Gasteiger partial charge in [0.05, 0.1) is 18.2 Å². The molecule has 0 fully saturated rings. The summed E-state index contributed by atoms with van der Waals surface area (Å²) in [5.74, 6) is 0.388. The van der Waals surface area contributed by atoms with E-state index in [4.69, 9.17) is 33.0 Å². The third kappa shape index (κ3) is 5.73. The van der Waals surface area contributed by atoms with Crippen molar-refractivity contribution in [3.63, 3.8) is 0 Å². The lowest BCUT2D eigenvalue weighted by molar-refractivity contribution is 0.114. The number of hydrogen-bond acceptors (Lipinski definition) is 4. The van der Waals surface area contributed by atoms with Gasteiger partial charge in [0.25, 0.3) is 0 Å². The molecule has 120 valence electrons. The molecule has 0 radical (unpaired) electrons. The van der Waals surface area contributed by atoms with Crippen LogP contribution in [-0.2, 0) is 21.4 Å². The van der Waals surface area contributed by atoms with Crippen molar-refractivity contribution in [2.75, 3.05) is 19.8 Å². The highest BCUT2D eigenvalue weighted by molar-refractivity contribution is 7.89. The molecule has 2 N–H and O–H groups in total. The van der Waals surface area contributed by atoms with Crippen molar-refractivity contribution in [2.45, 2.75) is 25.3 Å². The van der Waals surface area contributed by atoms with Crippen molar-refractivity contribution in [1.29, 1.82) is 0 Å². The second kappa shape index (κ2) is 8.31. The summed E-state index contributed by atoms with van der Waals surface area (Å²) in [4.78, 5) is -0.110. The maximum atomic E-state index is 12.2. The minimum atomic E-state index is -3.77. The largest absolute Gasteiger partial charge is 0.392 e. The first kappa shape index (κ1) is 18.7. The number of halogens is 2. The first-order valence-electron chi connectivity index (χ1n) is 6.44. The Hall–Kier alpha value is -0.370. The van der Waals surface area contributed by atoms with E-state index >= 15 is 0 Å². The fourth-order valence-corrected chi connectivity index (χ4v) is 3.41. The lowest BCUT2D eigenvalue weighted by Crippen LogP contribution is -2.28. The first-order valence-corrected chi connectivity index (χ1v) is 8.68. The molecule has 0 amide bonds. The van der Waals surface area contributed by atoms with E-state index in [1.165, 1.54) is 12.1 Å². The number of aliphatic hydroxyl groups excluding tert-OH is 1. The van der Waals surface area contributed by atoms with Gasteiger partial charge in [-0.15, -0.1) is 0 Å². The second-order valence-electron chi connectivity index (χ2n) is 4.90. The Kier molecular flexibility index (Phi) is 7.39. The molecule has 0 aliphatic carbocycles. The van der Waals surface area contributed by atoms with E-state index in [0.717, 1.165) is 0 Å². The quantitative estimate of drug-likeness (QED) is 0.702. The van der Waals surface area contributed by atoms with E-state index in [1.54, 1.807) is 0 Å². The van der Waals surface area contributed by atoms with Crippen LogP contribution in [-0.4, -0.2) is 33.3 Å². The minimum absolute atomic E-state index is 0.00722. The molecule has 0 aliphatic rings. The van der Waals surface area contributed by atoms with E-state index in [9.17, 15) is 8.42 Å². The van der Waals surface area contributed by atoms with Crippen LogP contribution < -0.4 is 4.72 Å². The second-order valence-corrected chi connectivity index (χ2v) is 7.45. The monoisotopic (exact) mass is 355 g/mol. The number of rotatable bonds is 8. The third-order valence-corrected chi connectivity index (χ3v) is 4.83. The fourth-order valence-electron chi connectivity index (χ4n) is 1.54. The summed E-state index contributed by atoms with van der Waals surface area (Å²) in [5, 5.41) is 9.37. The highest BCUT2D eigenvalue weighted by Crippen LogP contribution is 2.28. The fraction of sp³-hybridized carbons (Fsp3) is 0.538. The molecule has 0 bridgehead atoms. The van der Waals surface area contributed by atoms with Gasteiger partial charge < -0.3 is 9.84 Å². The van der Waals surface area contributed by atoms with E-state index in [1.807, 2.05) is 13.8 Å². The minimum Gasteiger partial charge on any atom is -0.392 e. The van der Waals surface area contributed by atoms with Crippen LogP contribution in [0.4, 0.5) is 0 Å². The van der Waals surface area contributed by atoms with Crippen LogP contribution >= 0.6 is 23.2 Å². The molecule has 0 aromatic heterocycles. The highest BCUT2D eigenvalue weighted by atomic mass is 35.5. The van der Waals surface area contributed by atoms with Crippen LogP contribution in [0.25, 0.3) is 0 Å². The normalized spacial score (nSPS) is 12.1. The predicted octanol–water partition coefficient (Wildman–Crippen LogP) is 2.44. The van der Waals surface area contributed by atoms with E-state index < -0.39 is 10.0 Å². The Balaban J connectivity index is 2.74. The Bertz CT molecular complexity index is 576. The molecule has 1 aromatic carbocycles. The predicted molar refractivity (Wildman–Crippen MR) is 83.2 cm³/mol. The Morgan fingerprint density at radius 3 is 2.52 bits per heavy atom. The number of sulfonamides is 1. The average Bonchev–Trinajstić information content (AvgIpc) is 2.37. The van der Waals surface area contributed by atoms with Crippen molar-refractivity contribution in [3.8, 4) is 0 Å². The van der Waals surface area contributed by atoms with Gasteiger partial charge in [0.2, 0.25) is 10.0 Å². The van der Waals surface area contributed by atoms with Crippen LogP contribution in [0.1, 0.15) is 19.4 Å². The van der Waals surface area contributed by atoms with Crippen molar-refractivity contribution >= 4 is 33.2 Å². The lowest BCUT2D eigenvalue weighted by Gasteiger charge is -2.11. The van der Waals surface area contributed by atoms with E-state index in [2.05, 4.69) is 4.72 Å². The van der Waals surface area contributed by atoms with Gasteiger partial charge >= 0.3 is 0 Å². The zero-order valence-electron chi connectivity index (χ0n) is 11.9. The third-order valence-electron chi connectivity index (χ3n) is 2.55. The average molecular weight is 356 g/mol. The molecule has 0 saturated heterocycles. The molecule has 8 heteroatoms. The molecule has 0 aliphatic heterocycles. The molecular weight excluding hydrogens is 337 g/mol. The van der Waals surface area contributed by atoms with Gasteiger partial charge in [-0.2, -0.15) is 0 Å². The zero-order chi connectivity index (χ0) is 16.0. The van der Waals surface area contributed by atoms with Gasteiger partial charge in [-0.25, -0.2) is 13.1 Å². The van der Waals surface area contributed by atoms with Crippen LogP contribution in [0, 0.1) is 5.92 Å². The highest BCUT2D eigenvalue weighted by Gasteiger charge is 2.19. The SMILES string of the molecule is CC(C)COCCNS(=O)(=O)c1cc(CO)c(Cl)cc1Cl. The van der Waals surface area contributed by atoms with Crippen LogP contribution in [0.5, 0.6) is 0 Å². The maximum Gasteiger partial charge on any atom is 0.242 e. The van der Waals surface area contributed by atoms with Gasteiger partial charge in [0.15, 0.2) is 0 Å². The number of hydrogen-bond donors (Lipinski definition) is 2. The number of ether oxygens (including phenoxy) is 1. The molecule has 0 unspecified atom stereocenters. The molecule has 5 nitrogen and oxygen atoms in total. The molecule has 21 heavy (non-hydrogen) atoms. The van der Waals surface area contributed by atoms with Gasteiger partial charge in [0, 0.05) is 18.2 Å². The van der Waals surface area contributed by atoms with Crippen molar-refractivity contribution in [1.82, 2.24) is 4.72 Å². The van der Waals surface area contributed by atoms with Gasteiger partial charge in [-0.3, -0.25) is 0 Å². The summed E-state index contributed by atoms with van der Waals surface area (Å²) in [6.45, 7) is 4.63. The first-order chi connectivity index (χ1) is 9.77. The zero-order valence-corrected chi connectivity index (χ0v) is 14.2. The van der Waals surface area contributed by atoms with Crippen LogP contribution in [0.15, 0.2) is 17.0 Å². The summed E-state index contributed by atoms with van der Waals surface area (Å²) in [6, 6.07) is 2.57. The maximum absolute atomic E-state index is 12.2. The molecule has 0 saturated carbocycles. The molecule has 1 rings (SSSR count). The van der Waals surface area contributed by atoms with E-state index in [0.29, 0.717) is 18.1 Å². The van der Waals surface area contributed by atoms with Gasteiger partial charge in [0.1, 0.15) is 4.90 Å². The van der Waals surface area contributed by atoms with Crippen molar-refractivity contribution in [2.24, 2.45) is 5.92 Å². The molecule has 0 heterocycles. The summed E-state index contributed by atoms with van der Waals surface area (Å²) in [6.07, 6.45) is 0. The Morgan fingerprint density at radius 1 is 1.29 bits per heavy atom. The summed E-state index contributed by atoms with van der Waals surface area (Å²) in [7, 11) is -3.77. The standard InChI is InChI=1S/C13H19Cl2NO4S/c1-9(2)8-20-4-3-16-21(18,19)13-5-10(7-17)11(14)6-12(13)15/h5-6,9,16-17H,3-4,7-8H2,1-2H3. The summed E-state index contributed by atoms with van der Waals surface area (Å²) >= 11 is 11.8. The smallest absolute Gasteiger partial charge is 0.242 e. The summed E-state index contributed by atoms with van der Waals surface area (Å²) in [5.41, 5.74) is 0.303. The van der Waals surface area contributed by atoms with Crippen LogP contribution in [0.2, 0.25) is 10.0 Å². The van der Waals surface area contributed by atoms with Crippen molar-refractivity contribution in [3.05, 3.63) is 27.7 Å². The Morgan fingerprint density at radius 2 is 1.95 bits per heavy atom. The summed E-state index contributed by atoms with van der Waals surface area (Å²) < 4.78 is 32.0. The number of benzene rings is 1.